The maximum absolute atomic E-state index is 13.6. The maximum atomic E-state index is 13.6. The number of thioether (sulfide) groups is 1. The number of halogens is 4. The van der Waals surface area contributed by atoms with Crippen molar-refractivity contribution in [3.8, 4) is 50.8 Å². The van der Waals surface area contributed by atoms with Crippen molar-refractivity contribution in [2.45, 2.75) is 195 Å². The standard InChI is InChI=1S/C19H13F3N3.C19H16N3O.C19H16N3S.C18H13FN3.4C5H12O2.4Ir/c1-2-25-15-6-4-3-5-14(15)17-18(25)16(23-11-24-17)12-7-9-13(10-8-12)19(20,21)22;2*1-3-22-16-7-5-4-6-15(16)18-19(22)17(20-12-21-18)13-8-10-14(23-2)11-9-13;1-2-22-15-9-4-3-8-14(15)17-18(22)16(20-11-21-17)12-6-5-7-13(19)10-12;4*1-4(6)3-5(2)7;;;;/h3-7,9-11H,2H2,1H3;2*4-8,10-12H,3H2,1-2H3;3-5,7-11H,2H2,1H3;4*4-7H,3H2,1-2H3;;;;/q4*-1;;;;;;;;. The molecule has 0 aliphatic heterocycles. The number of aryl methyl sites for hydroxylation is 4. The van der Waals surface area contributed by atoms with Gasteiger partial charge in [0, 0.05) is 162 Å². The van der Waals surface area contributed by atoms with E-state index in [4.69, 9.17) is 45.6 Å². The molecular formula is C95H106F4Ir4N12O9S-4. The second-order valence-corrected chi connectivity index (χ2v) is 30.0. The van der Waals surface area contributed by atoms with Crippen molar-refractivity contribution in [1.29, 1.82) is 0 Å². The summed E-state index contributed by atoms with van der Waals surface area (Å²) in [5.74, 6) is 0.495. The summed E-state index contributed by atoms with van der Waals surface area (Å²) in [6.07, 6.45) is 2.83. The topological polar surface area (TPSA) is 294 Å². The summed E-state index contributed by atoms with van der Waals surface area (Å²) in [4.78, 5) is 36.9. The van der Waals surface area contributed by atoms with Gasteiger partial charge in [0.25, 0.3) is 0 Å². The van der Waals surface area contributed by atoms with Crippen molar-refractivity contribution < 1.29 is 144 Å². The van der Waals surface area contributed by atoms with Crippen molar-refractivity contribution >= 4 is 99.5 Å². The van der Waals surface area contributed by atoms with Crippen molar-refractivity contribution in [3.05, 3.63) is 231 Å². The van der Waals surface area contributed by atoms with Crippen LogP contribution in [-0.2, 0) is 113 Å². The van der Waals surface area contributed by atoms with Crippen LogP contribution in [0.15, 0.2) is 200 Å². The molecule has 0 spiro atoms. The van der Waals surface area contributed by atoms with E-state index < -0.39 is 11.7 Å². The van der Waals surface area contributed by atoms with Crippen LogP contribution >= 0.6 is 11.8 Å². The number of aromatic nitrogens is 12. The van der Waals surface area contributed by atoms with E-state index in [0.29, 0.717) is 54.7 Å². The Kier molecular flexibility index (Phi) is 44.0. The van der Waals surface area contributed by atoms with Gasteiger partial charge >= 0.3 is 6.18 Å². The van der Waals surface area contributed by atoms with Crippen molar-refractivity contribution in [2.24, 2.45) is 0 Å². The maximum Gasteiger partial charge on any atom is 0.381 e. The zero-order valence-corrected chi connectivity index (χ0v) is 82.3. The minimum absolute atomic E-state index is 0. The van der Waals surface area contributed by atoms with E-state index in [9.17, 15) is 17.6 Å². The molecule has 0 aliphatic carbocycles. The number of para-hydroxylation sites is 4. The summed E-state index contributed by atoms with van der Waals surface area (Å²) in [5, 5.41) is 72.9. The average Bonchev–Trinajstić information content (AvgIpc) is 1.62. The smallest absolute Gasteiger partial charge is 0.381 e. The van der Waals surface area contributed by atoms with E-state index in [1.165, 1.54) is 52.2 Å². The Labute approximate surface area is 784 Å². The molecule has 30 heteroatoms. The molecule has 8 unspecified atom stereocenters. The first-order valence-electron chi connectivity index (χ1n) is 40.2. The zero-order valence-electron chi connectivity index (χ0n) is 71.9. The molecule has 0 aliphatic rings. The summed E-state index contributed by atoms with van der Waals surface area (Å²) in [7, 11) is 1.65. The minimum atomic E-state index is -4.38. The van der Waals surface area contributed by atoms with E-state index in [2.05, 4.69) is 176 Å². The van der Waals surface area contributed by atoms with Gasteiger partial charge in [-0.25, -0.2) is 24.3 Å². The Bertz CT molecular complexity index is 5730. The molecule has 16 aromatic rings. The summed E-state index contributed by atoms with van der Waals surface area (Å²) >= 11 is 1.72. The summed E-state index contributed by atoms with van der Waals surface area (Å²) in [6.45, 7) is 24.9. The Balaban J connectivity index is 0.000000266. The number of hydrogen-bond acceptors (Lipinski definition) is 18. The average molecular weight is 2440 g/mol. The molecule has 8 atom stereocenters. The van der Waals surface area contributed by atoms with Gasteiger partial charge in [0.1, 0.15) is 25.3 Å². The molecule has 0 amide bonds. The predicted octanol–water partition coefficient (Wildman–Crippen LogP) is 18.7. The molecule has 8 aromatic heterocycles. The third-order valence-corrected chi connectivity index (χ3v) is 19.9. The fraction of sp³-hybridized carbons (Fsp3) is 0.326. The van der Waals surface area contributed by atoms with Crippen molar-refractivity contribution in [2.75, 3.05) is 13.4 Å². The van der Waals surface area contributed by atoms with Gasteiger partial charge in [-0.05, 0) is 145 Å². The third-order valence-electron chi connectivity index (χ3n) is 19.1. The normalized spacial score (nSPS) is 12.8. The van der Waals surface area contributed by atoms with Gasteiger partial charge in [0.15, 0.2) is 0 Å². The van der Waals surface area contributed by atoms with Crippen LogP contribution in [0.3, 0.4) is 0 Å². The number of aliphatic hydroxyl groups is 8. The van der Waals surface area contributed by atoms with E-state index in [1.54, 1.807) is 93.0 Å². The van der Waals surface area contributed by atoms with E-state index in [0.717, 1.165) is 131 Å². The second kappa shape index (κ2) is 51.4. The van der Waals surface area contributed by atoms with Crippen LogP contribution in [0.5, 0.6) is 5.75 Å². The molecule has 125 heavy (non-hydrogen) atoms. The van der Waals surface area contributed by atoms with Crippen molar-refractivity contribution in [1.82, 2.24) is 58.1 Å². The Hall–Kier alpha value is -8.57. The molecule has 4 radical (unpaired) electrons. The Morgan fingerprint density at radius 1 is 0.368 bits per heavy atom. The van der Waals surface area contributed by atoms with Gasteiger partial charge in [0.2, 0.25) is 0 Å². The van der Waals surface area contributed by atoms with Crippen LogP contribution in [0, 0.1) is 30.1 Å². The van der Waals surface area contributed by atoms with E-state index in [-0.39, 0.29) is 135 Å². The number of ether oxygens (including phenoxy) is 1. The minimum Gasteiger partial charge on any atom is -0.540 e. The Morgan fingerprint density at radius 2 is 0.656 bits per heavy atom. The fourth-order valence-electron chi connectivity index (χ4n) is 14.2. The molecule has 16 rings (SSSR count). The van der Waals surface area contributed by atoms with Gasteiger partial charge < -0.3 is 63.9 Å². The molecule has 0 fully saturated rings. The van der Waals surface area contributed by atoms with E-state index >= 15 is 0 Å². The van der Waals surface area contributed by atoms with Gasteiger partial charge in [0.05, 0.1) is 122 Å². The van der Waals surface area contributed by atoms with Gasteiger partial charge in [-0.3, -0.25) is 19.9 Å². The summed E-state index contributed by atoms with van der Waals surface area (Å²) in [5.41, 5.74) is 17.6. The third kappa shape index (κ3) is 28.2. The molecule has 0 saturated heterocycles. The van der Waals surface area contributed by atoms with Crippen LogP contribution in [0.25, 0.3) is 133 Å². The molecular weight excluding hydrogens is 2330 g/mol. The predicted molar refractivity (Wildman–Crippen MR) is 475 cm³/mol. The number of hydrogen-bond donors (Lipinski definition) is 8. The van der Waals surface area contributed by atoms with Crippen LogP contribution in [0.2, 0.25) is 0 Å². The van der Waals surface area contributed by atoms with Crippen molar-refractivity contribution in [3.63, 3.8) is 0 Å². The number of nitrogens with zero attached hydrogens (tertiary/aromatic N) is 12. The molecule has 0 bridgehead atoms. The van der Waals surface area contributed by atoms with Crippen LogP contribution < -0.4 is 4.74 Å². The first-order chi connectivity index (χ1) is 58.0. The summed E-state index contributed by atoms with van der Waals surface area (Å²) in [6, 6.07) is 65.0. The quantitative estimate of drug-likeness (QED) is 0.0225. The SMILES string of the molecule is CC(O)CC(C)O.CC(O)CC(C)O.CC(O)CC(C)O.CC(O)CC(C)O.CCn1c2ccccc2c2ncnc(-c3[c-]cc(C(F)(F)F)cc3)c21.CCn1c2ccccc2c2ncnc(-c3[c-]cc(OC)cc3)c21.CCn1c2ccccc2c2ncnc(-c3[c-]cc(SC)cc3)c21.CCn1c2ccccc2c2ncnc(-c3[c-]ccc(F)c3)c21.[Ir].[Ir].[Ir].[Ir]. The first-order valence-corrected chi connectivity index (χ1v) is 41.4. The van der Waals surface area contributed by atoms with Crippen LogP contribution in [-0.4, -0.2) is 161 Å². The largest absolute Gasteiger partial charge is 0.540 e. The number of fused-ring (bicyclic) bond motifs is 12. The molecule has 21 nitrogen and oxygen atoms in total. The number of rotatable bonds is 18. The molecule has 8 N–H and O–H groups in total. The Morgan fingerprint density at radius 3 is 0.888 bits per heavy atom. The molecule has 8 aromatic carbocycles. The second-order valence-electron chi connectivity index (χ2n) is 29.2. The fourth-order valence-corrected chi connectivity index (χ4v) is 14.6. The van der Waals surface area contributed by atoms with Gasteiger partial charge in [-0.2, -0.15) is 24.9 Å². The van der Waals surface area contributed by atoms with Gasteiger partial charge in [-0.1, -0.05) is 77.7 Å². The number of benzene rings is 8. The first kappa shape index (κ1) is 107. The monoisotopic (exact) mass is 2440 g/mol. The van der Waals surface area contributed by atoms with Gasteiger partial charge in [-0.15, -0.1) is 119 Å². The molecule has 674 valence electrons. The zero-order chi connectivity index (χ0) is 87.8. The molecule has 8 heterocycles. The number of aliphatic hydroxyl groups excluding tert-OH is 8. The van der Waals surface area contributed by atoms with Crippen LogP contribution in [0.1, 0.15) is 114 Å². The number of methoxy groups -OCH3 is 1. The molecule has 0 saturated carbocycles. The number of alkyl halides is 3. The van der Waals surface area contributed by atoms with Crippen LogP contribution in [0.4, 0.5) is 17.6 Å². The summed E-state index contributed by atoms with van der Waals surface area (Å²) < 4.78 is 65.9. The van der Waals surface area contributed by atoms with E-state index in [1.807, 2.05) is 73.7 Å².